The van der Waals surface area contributed by atoms with Gasteiger partial charge >= 0.3 is 0 Å². The maximum absolute atomic E-state index is 2.57. The van der Waals surface area contributed by atoms with Crippen LogP contribution in [0, 0.1) is 29.6 Å². The van der Waals surface area contributed by atoms with Gasteiger partial charge in [-0.15, -0.1) is 0 Å². The number of hydrogen-bond acceptors (Lipinski definition) is 0. The van der Waals surface area contributed by atoms with Crippen molar-refractivity contribution in [1.29, 1.82) is 0 Å². The zero-order chi connectivity index (χ0) is 17.3. The normalized spacial score (nSPS) is 29.2. The largest absolute Gasteiger partial charge is 0.0954 e. The molecule has 1 heteroatoms. The molecule has 22 heavy (non-hydrogen) atoms. The van der Waals surface area contributed by atoms with Crippen molar-refractivity contribution in [2.24, 2.45) is 29.6 Å². The van der Waals surface area contributed by atoms with E-state index < -0.39 is 0 Å². The number of rotatable bonds is 4. The first-order valence-electron chi connectivity index (χ1n) is 9.61. The van der Waals surface area contributed by atoms with Crippen molar-refractivity contribution in [2.75, 3.05) is 6.16 Å². The predicted octanol–water partition coefficient (Wildman–Crippen LogP) is 7.41. The monoisotopic (exact) mass is 326 g/mol. The smallest absolute Gasteiger partial charge is 0.0175 e. The van der Waals surface area contributed by atoms with Gasteiger partial charge in [0.2, 0.25) is 0 Å². The highest BCUT2D eigenvalue weighted by molar-refractivity contribution is 7.60. The van der Waals surface area contributed by atoms with E-state index in [1.165, 1.54) is 25.4 Å². The molecule has 1 aliphatic carbocycles. The second-order valence-corrected chi connectivity index (χ2v) is 14.3. The van der Waals surface area contributed by atoms with Gasteiger partial charge in [-0.25, -0.2) is 0 Å². The van der Waals surface area contributed by atoms with Gasteiger partial charge in [0.25, 0.3) is 0 Å². The lowest BCUT2D eigenvalue weighted by Gasteiger charge is -2.47. The molecule has 132 valence electrons. The average molecular weight is 327 g/mol. The van der Waals surface area contributed by atoms with Gasteiger partial charge in [-0.3, -0.25) is 0 Å². The molecule has 0 saturated heterocycles. The SMILES string of the molecule is CC(C)[C@@H]1CC[C@@H](C)C[C@H]1C(C)CP(C(C)(C)C)C(C)(C)C. The highest BCUT2D eigenvalue weighted by atomic mass is 31.1. The van der Waals surface area contributed by atoms with Crippen molar-refractivity contribution in [3.05, 3.63) is 0 Å². The lowest BCUT2D eigenvalue weighted by atomic mass is 9.66. The Labute approximate surface area is 143 Å². The van der Waals surface area contributed by atoms with Crippen molar-refractivity contribution < 1.29 is 0 Å². The molecule has 0 radical (unpaired) electrons. The summed E-state index contributed by atoms with van der Waals surface area (Å²) in [5.74, 6) is 4.61. The van der Waals surface area contributed by atoms with Crippen molar-refractivity contribution in [3.63, 3.8) is 0 Å². The van der Waals surface area contributed by atoms with E-state index in [1.54, 1.807) is 0 Å². The van der Waals surface area contributed by atoms with E-state index in [2.05, 4.69) is 69.2 Å². The Hall–Kier alpha value is 0.430. The summed E-state index contributed by atoms with van der Waals surface area (Å²) in [7, 11) is 0.0404. The maximum atomic E-state index is 2.57. The maximum Gasteiger partial charge on any atom is -0.0175 e. The summed E-state index contributed by atoms with van der Waals surface area (Å²) in [4.78, 5) is 0. The summed E-state index contributed by atoms with van der Waals surface area (Å²) >= 11 is 0. The third-order valence-corrected chi connectivity index (χ3v) is 10.1. The molecular formula is C21H43P. The van der Waals surface area contributed by atoms with Gasteiger partial charge in [0.1, 0.15) is 0 Å². The minimum Gasteiger partial charge on any atom is -0.0954 e. The van der Waals surface area contributed by atoms with Crippen molar-refractivity contribution in [2.45, 2.75) is 98.8 Å². The molecule has 0 nitrogen and oxygen atoms in total. The number of hydrogen-bond donors (Lipinski definition) is 0. The van der Waals surface area contributed by atoms with Crippen LogP contribution in [0.15, 0.2) is 0 Å². The van der Waals surface area contributed by atoms with Crippen LogP contribution in [0.1, 0.15) is 88.5 Å². The molecule has 0 N–H and O–H groups in total. The molecule has 0 aromatic rings. The molecule has 1 rings (SSSR count). The summed E-state index contributed by atoms with van der Waals surface area (Å²) in [6, 6.07) is 0. The van der Waals surface area contributed by atoms with Crippen molar-refractivity contribution in [3.8, 4) is 0 Å². The minimum absolute atomic E-state index is 0.0404. The zero-order valence-electron chi connectivity index (χ0n) is 17.2. The standard InChI is InChI=1S/C21H43P/c1-15(2)18-12-11-16(3)13-19(18)17(4)14-22(20(5,6)7)21(8,9)10/h15-19H,11-14H2,1-10H3/t16-,17?,18+,19+/m1/s1. The Morgan fingerprint density at radius 2 is 1.36 bits per heavy atom. The molecule has 0 spiro atoms. The van der Waals surface area contributed by atoms with Crippen molar-refractivity contribution >= 4 is 7.92 Å². The van der Waals surface area contributed by atoms with Crippen LogP contribution in [-0.2, 0) is 0 Å². The highest BCUT2D eigenvalue weighted by Gasteiger charge is 2.39. The van der Waals surface area contributed by atoms with Crippen molar-refractivity contribution in [1.82, 2.24) is 0 Å². The van der Waals surface area contributed by atoms with Gasteiger partial charge in [-0.05, 0) is 58.9 Å². The molecule has 0 aliphatic heterocycles. The molecule has 0 heterocycles. The van der Waals surface area contributed by atoms with Gasteiger partial charge in [0.15, 0.2) is 0 Å². The summed E-state index contributed by atoms with van der Waals surface area (Å²) in [6.07, 6.45) is 5.86. The van der Waals surface area contributed by atoms with Crippen LogP contribution in [0.5, 0.6) is 0 Å². The van der Waals surface area contributed by atoms with Gasteiger partial charge < -0.3 is 0 Å². The summed E-state index contributed by atoms with van der Waals surface area (Å²) in [5.41, 5.74) is 0. The van der Waals surface area contributed by atoms with Crippen LogP contribution in [-0.4, -0.2) is 16.5 Å². The average Bonchev–Trinajstić information content (AvgIpc) is 2.32. The van der Waals surface area contributed by atoms with E-state index >= 15 is 0 Å². The van der Waals surface area contributed by atoms with Crippen LogP contribution in [0.4, 0.5) is 0 Å². The second-order valence-electron chi connectivity index (χ2n) is 10.4. The first-order valence-corrected chi connectivity index (χ1v) is 11.1. The lowest BCUT2D eigenvalue weighted by molar-refractivity contribution is 0.107. The van der Waals surface area contributed by atoms with E-state index in [4.69, 9.17) is 0 Å². The fourth-order valence-electron chi connectivity index (χ4n) is 4.91. The first kappa shape index (κ1) is 20.5. The molecule has 0 aromatic heterocycles. The Bertz CT molecular complexity index is 317. The molecular weight excluding hydrogens is 283 g/mol. The molecule has 1 fully saturated rings. The van der Waals surface area contributed by atoms with Gasteiger partial charge in [0, 0.05) is 0 Å². The molecule has 1 aliphatic rings. The van der Waals surface area contributed by atoms with E-state index in [9.17, 15) is 0 Å². The summed E-state index contributed by atoms with van der Waals surface area (Å²) in [5, 5.41) is 0.935. The topological polar surface area (TPSA) is 0 Å². The fourth-order valence-corrected chi connectivity index (χ4v) is 8.86. The van der Waals surface area contributed by atoms with Crippen LogP contribution in [0.2, 0.25) is 0 Å². The Morgan fingerprint density at radius 3 is 1.77 bits per heavy atom. The van der Waals surface area contributed by atoms with E-state index in [1.807, 2.05) is 0 Å². The van der Waals surface area contributed by atoms with Gasteiger partial charge in [-0.2, -0.15) is 0 Å². The van der Waals surface area contributed by atoms with Crippen LogP contribution in [0.3, 0.4) is 0 Å². The molecule has 4 atom stereocenters. The van der Waals surface area contributed by atoms with Crippen LogP contribution in [0.25, 0.3) is 0 Å². The molecule has 0 bridgehead atoms. The molecule has 1 saturated carbocycles. The summed E-state index contributed by atoms with van der Waals surface area (Å²) < 4.78 is 0. The van der Waals surface area contributed by atoms with Gasteiger partial charge in [-0.1, -0.05) is 83.6 Å². The van der Waals surface area contributed by atoms with E-state index in [-0.39, 0.29) is 7.92 Å². The lowest BCUT2D eigenvalue weighted by Crippen LogP contribution is -2.36. The molecule has 1 unspecified atom stereocenters. The highest BCUT2D eigenvalue weighted by Crippen LogP contribution is 2.61. The van der Waals surface area contributed by atoms with Crippen LogP contribution < -0.4 is 0 Å². The van der Waals surface area contributed by atoms with Gasteiger partial charge in [0.05, 0.1) is 0 Å². The molecule has 0 amide bonds. The van der Waals surface area contributed by atoms with E-state index in [0.29, 0.717) is 10.3 Å². The van der Waals surface area contributed by atoms with E-state index in [0.717, 1.165) is 29.6 Å². The Morgan fingerprint density at radius 1 is 0.864 bits per heavy atom. The Kier molecular flexibility index (Phi) is 7.02. The van der Waals surface area contributed by atoms with Crippen LogP contribution >= 0.6 is 7.92 Å². The second kappa shape index (κ2) is 7.55. The Balaban J connectivity index is 2.89. The predicted molar refractivity (Wildman–Crippen MR) is 105 cm³/mol. The quantitative estimate of drug-likeness (QED) is 0.472. The summed E-state index contributed by atoms with van der Waals surface area (Å²) in [6.45, 7) is 24.8. The molecule has 0 aromatic carbocycles. The zero-order valence-corrected chi connectivity index (χ0v) is 18.1. The first-order chi connectivity index (χ1) is 9.84. The minimum atomic E-state index is 0.0404. The third kappa shape index (κ3) is 5.51. The fraction of sp³-hybridized carbons (Fsp3) is 1.00. The third-order valence-electron chi connectivity index (χ3n) is 5.89.